The monoisotopic (exact) mass is 135 g/mol. The minimum Gasteiger partial charge on any atom is -0.396 e. The van der Waals surface area contributed by atoms with Crippen LogP contribution in [0.3, 0.4) is 0 Å². The average Bonchev–Trinajstić information content (AvgIpc) is 2.36. The fourth-order valence-corrected chi connectivity index (χ4v) is 0.787. The van der Waals surface area contributed by atoms with E-state index in [9.17, 15) is 0 Å². The van der Waals surface area contributed by atoms with Gasteiger partial charge in [-0.2, -0.15) is 4.52 Å². The highest BCUT2D eigenvalue weighted by molar-refractivity contribution is 5.62. The van der Waals surface area contributed by atoms with Crippen molar-refractivity contribution in [3.63, 3.8) is 0 Å². The van der Waals surface area contributed by atoms with E-state index >= 15 is 0 Å². The number of fused-ring (bicyclic) bond motifs is 1. The lowest BCUT2D eigenvalue weighted by Crippen LogP contribution is -1.92. The molecule has 2 rings (SSSR count). The number of anilines is 1. The number of hydrogen-bond donors (Lipinski definition) is 1. The molecule has 0 aromatic carbocycles. The lowest BCUT2D eigenvalue weighted by molar-refractivity contribution is 0.823. The van der Waals surface area contributed by atoms with Crippen LogP contribution in [0, 0.1) is 0 Å². The Morgan fingerprint density at radius 2 is 2.40 bits per heavy atom. The Kier molecular flexibility index (Phi) is 0.858. The third kappa shape index (κ3) is 0.540. The summed E-state index contributed by atoms with van der Waals surface area (Å²) in [6, 6.07) is 3.55. The fraction of sp³-hybridized carbons (Fsp3) is 0. The predicted molar refractivity (Wildman–Crippen MR) is 35.2 cm³/mol. The number of aromatic nitrogens is 4. The van der Waals surface area contributed by atoms with Gasteiger partial charge in [0.15, 0.2) is 0 Å². The molecule has 0 amide bonds. The molecule has 5 nitrogen and oxygen atoms in total. The number of rotatable bonds is 0. The van der Waals surface area contributed by atoms with Gasteiger partial charge < -0.3 is 5.73 Å². The van der Waals surface area contributed by atoms with Crippen molar-refractivity contribution in [3.8, 4) is 0 Å². The van der Waals surface area contributed by atoms with E-state index in [2.05, 4.69) is 15.5 Å². The van der Waals surface area contributed by atoms with E-state index < -0.39 is 0 Å². The second-order valence-electron chi connectivity index (χ2n) is 1.91. The Morgan fingerprint density at radius 3 is 3.20 bits per heavy atom. The molecule has 5 heteroatoms. The molecule has 2 N–H and O–H groups in total. The van der Waals surface area contributed by atoms with Crippen molar-refractivity contribution in [1.82, 2.24) is 20.0 Å². The van der Waals surface area contributed by atoms with Crippen LogP contribution in [0.15, 0.2) is 18.3 Å². The molecule has 0 radical (unpaired) electrons. The van der Waals surface area contributed by atoms with E-state index in [0.29, 0.717) is 11.3 Å². The zero-order valence-electron chi connectivity index (χ0n) is 5.10. The van der Waals surface area contributed by atoms with Crippen LogP contribution in [0.1, 0.15) is 0 Å². The van der Waals surface area contributed by atoms with Crippen LogP contribution in [0.25, 0.3) is 5.65 Å². The van der Waals surface area contributed by atoms with E-state index in [1.165, 1.54) is 4.52 Å². The number of nitrogens with two attached hydrogens (primary N) is 1. The maximum Gasteiger partial charge on any atom is 0.202 e. The summed E-state index contributed by atoms with van der Waals surface area (Å²) in [4.78, 5) is 0. The molecule has 50 valence electrons. The molecular formula is C5H5N5. The molecule has 0 aliphatic heterocycles. The van der Waals surface area contributed by atoms with Crippen molar-refractivity contribution >= 4 is 11.3 Å². The van der Waals surface area contributed by atoms with Gasteiger partial charge in [-0.15, -0.1) is 5.10 Å². The number of tetrazole rings is 1. The van der Waals surface area contributed by atoms with Crippen LogP contribution in [-0.4, -0.2) is 20.0 Å². The SMILES string of the molecule is Nc1cccn2nnnc12. The molecule has 0 atom stereocenters. The molecule has 0 aliphatic carbocycles. The molecule has 2 heterocycles. The summed E-state index contributed by atoms with van der Waals surface area (Å²) in [7, 11) is 0. The number of nitrogen functional groups attached to an aromatic ring is 1. The third-order valence-corrected chi connectivity index (χ3v) is 1.25. The first-order chi connectivity index (χ1) is 4.88. The van der Waals surface area contributed by atoms with Gasteiger partial charge in [0.25, 0.3) is 0 Å². The Hall–Kier alpha value is -1.65. The normalized spacial score (nSPS) is 10.4. The highest BCUT2D eigenvalue weighted by Crippen LogP contribution is 2.05. The molecule has 0 spiro atoms. The smallest absolute Gasteiger partial charge is 0.202 e. The lowest BCUT2D eigenvalue weighted by atomic mass is 10.4. The molecule has 0 saturated carbocycles. The first-order valence-electron chi connectivity index (χ1n) is 2.80. The van der Waals surface area contributed by atoms with Crippen LogP contribution in [0.2, 0.25) is 0 Å². The zero-order valence-corrected chi connectivity index (χ0v) is 5.10. The van der Waals surface area contributed by atoms with E-state index in [1.54, 1.807) is 18.3 Å². The van der Waals surface area contributed by atoms with Gasteiger partial charge in [-0.05, 0) is 22.6 Å². The summed E-state index contributed by atoms with van der Waals surface area (Å²) >= 11 is 0. The van der Waals surface area contributed by atoms with Crippen molar-refractivity contribution < 1.29 is 0 Å². The quantitative estimate of drug-likeness (QED) is 0.538. The van der Waals surface area contributed by atoms with Crippen molar-refractivity contribution in [2.45, 2.75) is 0 Å². The highest BCUT2D eigenvalue weighted by Gasteiger charge is 1.97. The summed E-state index contributed by atoms with van der Waals surface area (Å²) in [5.41, 5.74) is 6.73. The second kappa shape index (κ2) is 1.66. The van der Waals surface area contributed by atoms with Gasteiger partial charge in [-0.1, -0.05) is 0 Å². The van der Waals surface area contributed by atoms with Crippen molar-refractivity contribution in [3.05, 3.63) is 18.3 Å². The Morgan fingerprint density at radius 1 is 1.50 bits per heavy atom. The predicted octanol–water partition coefficient (Wildman–Crippen LogP) is -0.294. The number of nitrogens with zero attached hydrogens (tertiary/aromatic N) is 4. The van der Waals surface area contributed by atoms with Crippen LogP contribution < -0.4 is 5.73 Å². The van der Waals surface area contributed by atoms with Crippen molar-refractivity contribution in [2.24, 2.45) is 0 Å². The minimum atomic E-state index is 0.590. The zero-order chi connectivity index (χ0) is 6.97. The van der Waals surface area contributed by atoms with Crippen LogP contribution in [0.4, 0.5) is 5.69 Å². The molecular weight excluding hydrogens is 130 g/mol. The average molecular weight is 135 g/mol. The number of hydrogen-bond acceptors (Lipinski definition) is 4. The molecule has 10 heavy (non-hydrogen) atoms. The van der Waals surface area contributed by atoms with Gasteiger partial charge >= 0.3 is 0 Å². The Balaban J connectivity index is 2.95. The minimum absolute atomic E-state index is 0.590. The molecule has 0 aliphatic rings. The van der Waals surface area contributed by atoms with Gasteiger partial charge in [0, 0.05) is 6.20 Å². The Bertz CT molecular complexity index is 352. The molecule has 2 aromatic rings. The van der Waals surface area contributed by atoms with Gasteiger partial charge in [-0.25, -0.2) is 0 Å². The number of pyridine rings is 1. The highest BCUT2D eigenvalue weighted by atomic mass is 15.5. The summed E-state index contributed by atoms with van der Waals surface area (Å²) in [5.74, 6) is 0. The second-order valence-corrected chi connectivity index (χ2v) is 1.91. The van der Waals surface area contributed by atoms with E-state index in [1.807, 2.05) is 0 Å². The van der Waals surface area contributed by atoms with Gasteiger partial charge in [0.2, 0.25) is 5.65 Å². The van der Waals surface area contributed by atoms with Gasteiger partial charge in [0.05, 0.1) is 5.69 Å². The first kappa shape index (κ1) is 5.16. The van der Waals surface area contributed by atoms with Crippen LogP contribution in [-0.2, 0) is 0 Å². The molecule has 0 bridgehead atoms. The maximum atomic E-state index is 5.54. The van der Waals surface area contributed by atoms with E-state index in [0.717, 1.165) is 0 Å². The molecule has 0 fully saturated rings. The fourth-order valence-electron chi connectivity index (χ4n) is 0.787. The standard InChI is InChI=1S/C5H5N5/c6-4-2-1-3-10-5(4)7-8-9-10/h1-3H,6H2. The van der Waals surface area contributed by atoms with Gasteiger partial charge in [0.1, 0.15) is 0 Å². The maximum absolute atomic E-state index is 5.54. The third-order valence-electron chi connectivity index (χ3n) is 1.25. The molecule has 2 aromatic heterocycles. The van der Waals surface area contributed by atoms with E-state index in [4.69, 9.17) is 5.73 Å². The lowest BCUT2D eigenvalue weighted by Gasteiger charge is -1.90. The summed E-state index contributed by atoms with van der Waals surface area (Å²) < 4.78 is 1.52. The van der Waals surface area contributed by atoms with Crippen LogP contribution in [0.5, 0.6) is 0 Å². The van der Waals surface area contributed by atoms with Crippen molar-refractivity contribution in [2.75, 3.05) is 5.73 Å². The Labute approximate surface area is 56.5 Å². The van der Waals surface area contributed by atoms with E-state index in [-0.39, 0.29) is 0 Å². The summed E-state index contributed by atoms with van der Waals surface area (Å²) in [6.45, 7) is 0. The first-order valence-corrected chi connectivity index (χ1v) is 2.80. The topological polar surface area (TPSA) is 69.1 Å². The summed E-state index contributed by atoms with van der Waals surface area (Å²) in [5, 5.41) is 10.8. The van der Waals surface area contributed by atoms with Gasteiger partial charge in [-0.3, -0.25) is 0 Å². The molecule has 0 saturated heterocycles. The van der Waals surface area contributed by atoms with Crippen molar-refractivity contribution in [1.29, 1.82) is 0 Å². The molecule has 0 unspecified atom stereocenters. The summed E-state index contributed by atoms with van der Waals surface area (Å²) in [6.07, 6.45) is 1.74. The van der Waals surface area contributed by atoms with Crippen LogP contribution >= 0.6 is 0 Å². The largest absolute Gasteiger partial charge is 0.396 e.